The highest BCUT2D eigenvalue weighted by Crippen LogP contribution is 2.68. The van der Waals surface area contributed by atoms with Gasteiger partial charge in [-0.2, -0.15) is 9.90 Å². The predicted octanol–water partition coefficient (Wildman–Crippen LogP) is 5.94. The summed E-state index contributed by atoms with van der Waals surface area (Å²) in [6.45, 7) is 6.01. The van der Waals surface area contributed by atoms with E-state index in [0.29, 0.717) is 33.9 Å². The quantitative estimate of drug-likeness (QED) is 0.447. The Hall–Kier alpha value is -2.15. The standard InChI is InChI=1S/C31H45N3O4/c1-19-12-15-31(18-36-3)20(16-19)6-7-21-22-8-9-24(30(22,2)14-13-23(21)31)26(35)17-34-32-25-10-11-27(37-4)29(38-5)28(25)33-34/h10-11,19-24H,6-9,12-18H2,1-5H3. The summed E-state index contributed by atoms with van der Waals surface area (Å²) in [7, 11) is 5.13. The van der Waals surface area contributed by atoms with Gasteiger partial charge in [0.25, 0.3) is 0 Å². The number of benzene rings is 1. The lowest BCUT2D eigenvalue weighted by Crippen LogP contribution is -2.56. The highest BCUT2D eigenvalue weighted by Gasteiger charge is 2.62. The number of fused-ring (bicyclic) bond motifs is 6. The monoisotopic (exact) mass is 523 g/mol. The molecular weight excluding hydrogens is 478 g/mol. The predicted molar refractivity (Wildman–Crippen MR) is 146 cm³/mol. The van der Waals surface area contributed by atoms with Crippen molar-refractivity contribution >= 4 is 16.8 Å². The van der Waals surface area contributed by atoms with Crippen LogP contribution < -0.4 is 9.47 Å². The first-order valence-electron chi connectivity index (χ1n) is 14.8. The summed E-state index contributed by atoms with van der Waals surface area (Å²) >= 11 is 0. The van der Waals surface area contributed by atoms with Gasteiger partial charge >= 0.3 is 0 Å². The number of aromatic nitrogens is 3. The summed E-state index contributed by atoms with van der Waals surface area (Å²) in [5.41, 5.74) is 1.79. The van der Waals surface area contributed by atoms with E-state index < -0.39 is 0 Å². The van der Waals surface area contributed by atoms with Gasteiger partial charge in [0.05, 0.1) is 20.8 Å². The van der Waals surface area contributed by atoms with E-state index in [-0.39, 0.29) is 23.7 Å². The number of ether oxygens (including phenoxy) is 3. The number of carbonyl (C=O) groups is 1. The zero-order chi connectivity index (χ0) is 26.7. The average molecular weight is 524 g/mol. The van der Waals surface area contributed by atoms with Gasteiger partial charge in [-0.05, 0) is 104 Å². The minimum absolute atomic E-state index is 0.0782. The molecule has 0 saturated heterocycles. The molecule has 1 aromatic carbocycles. The Morgan fingerprint density at radius 3 is 2.61 bits per heavy atom. The highest BCUT2D eigenvalue weighted by molar-refractivity contribution is 5.85. The lowest BCUT2D eigenvalue weighted by atomic mass is 9.44. The number of rotatable bonds is 7. The van der Waals surface area contributed by atoms with E-state index in [0.717, 1.165) is 43.1 Å². The van der Waals surface area contributed by atoms with Crippen LogP contribution in [0.3, 0.4) is 0 Å². The summed E-state index contributed by atoms with van der Waals surface area (Å²) in [6.07, 6.45) is 11.3. The summed E-state index contributed by atoms with van der Waals surface area (Å²) < 4.78 is 16.9. The fourth-order valence-electron chi connectivity index (χ4n) is 10.0. The lowest BCUT2D eigenvalue weighted by molar-refractivity contribution is -0.154. The number of methoxy groups -OCH3 is 3. The molecule has 4 aliphatic carbocycles. The third-order valence-electron chi connectivity index (χ3n) is 11.7. The third-order valence-corrected chi connectivity index (χ3v) is 11.7. The van der Waals surface area contributed by atoms with Crippen LogP contribution in [0.15, 0.2) is 12.1 Å². The molecule has 1 heterocycles. The van der Waals surface area contributed by atoms with E-state index in [9.17, 15) is 4.79 Å². The molecule has 8 atom stereocenters. The Kier molecular flexibility index (Phi) is 6.73. The molecule has 38 heavy (non-hydrogen) atoms. The van der Waals surface area contributed by atoms with Gasteiger partial charge in [0.1, 0.15) is 12.1 Å². The molecule has 0 amide bonds. The SMILES string of the molecule is COCC12CCC(C)CC1CCC1C3CCC(C(=O)Cn4nc5ccc(OC)c(OC)c5n4)C3(C)CCC12. The summed E-state index contributed by atoms with van der Waals surface area (Å²) in [5, 5.41) is 9.26. The van der Waals surface area contributed by atoms with Crippen molar-refractivity contribution in [3.8, 4) is 11.5 Å². The summed E-state index contributed by atoms with van der Waals surface area (Å²) in [4.78, 5) is 15.4. The van der Waals surface area contributed by atoms with Crippen LogP contribution in [0.2, 0.25) is 0 Å². The van der Waals surface area contributed by atoms with Crippen molar-refractivity contribution in [2.24, 2.45) is 46.3 Å². The van der Waals surface area contributed by atoms with Crippen molar-refractivity contribution in [2.75, 3.05) is 27.9 Å². The van der Waals surface area contributed by atoms with Crippen molar-refractivity contribution < 1.29 is 19.0 Å². The molecule has 4 saturated carbocycles. The molecule has 0 aliphatic heterocycles. The Labute approximate surface area is 227 Å². The number of hydrogen-bond donors (Lipinski definition) is 0. The van der Waals surface area contributed by atoms with Crippen LogP contribution in [0.5, 0.6) is 11.5 Å². The maximum Gasteiger partial charge on any atom is 0.190 e. The molecule has 2 aromatic rings. The molecule has 0 N–H and O–H groups in total. The highest BCUT2D eigenvalue weighted by atomic mass is 16.5. The molecule has 0 bridgehead atoms. The van der Waals surface area contributed by atoms with E-state index in [1.54, 1.807) is 19.0 Å². The number of ketones is 1. The van der Waals surface area contributed by atoms with Crippen LogP contribution in [0.4, 0.5) is 0 Å². The number of nitrogens with zero attached hydrogens (tertiary/aromatic N) is 3. The minimum Gasteiger partial charge on any atom is -0.493 e. The lowest BCUT2D eigenvalue weighted by Gasteiger charge is -2.61. The molecule has 4 fully saturated rings. The third kappa shape index (κ3) is 3.89. The van der Waals surface area contributed by atoms with Crippen molar-refractivity contribution in [1.29, 1.82) is 0 Å². The Balaban J connectivity index is 1.22. The smallest absolute Gasteiger partial charge is 0.190 e. The molecular formula is C31H45N3O4. The van der Waals surface area contributed by atoms with Gasteiger partial charge in [0.2, 0.25) is 0 Å². The second-order valence-corrected chi connectivity index (χ2v) is 13.2. The van der Waals surface area contributed by atoms with Crippen LogP contribution in [0.1, 0.15) is 71.6 Å². The Bertz CT molecular complexity index is 1200. The maximum atomic E-state index is 13.8. The average Bonchev–Trinajstić information content (AvgIpc) is 3.48. The van der Waals surface area contributed by atoms with Gasteiger partial charge in [0.15, 0.2) is 22.8 Å². The van der Waals surface area contributed by atoms with E-state index in [4.69, 9.17) is 14.2 Å². The maximum absolute atomic E-state index is 13.8. The zero-order valence-corrected chi connectivity index (χ0v) is 23.9. The van der Waals surface area contributed by atoms with Crippen molar-refractivity contribution in [3.05, 3.63) is 12.1 Å². The van der Waals surface area contributed by atoms with Crippen LogP contribution >= 0.6 is 0 Å². The zero-order valence-electron chi connectivity index (χ0n) is 23.9. The Morgan fingerprint density at radius 1 is 1.00 bits per heavy atom. The van der Waals surface area contributed by atoms with Crippen LogP contribution in [-0.2, 0) is 16.1 Å². The molecule has 4 aliphatic rings. The second kappa shape index (κ2) is 9.79. The van der Waals surface area contributed by atoms with Crippen LogP contribution in [0, 0.1) is 46.3 Å². The van der Waals surface area contributed by atoms with Gasteiger partial charge in [-0.15, -0.1) is 5.10 Å². The topological polar surface area (TPSA) is 75.5 Å². The molecule has 208 valence electrons. The number of carbonyl (C=O) groups excluding carboxylic acids is 1. The molecule has 8 unspecified atom stereocenters. The number of hydrogen-bond acceptors (Lipinski definition) is 6. The van der Waals surface area contributed by atoms with E-state index in [2.05, 4.69) is 24.0 Å². The van der Waals surface area contributed by atoms with E-state index >= 15 is 0 Å². The minimum atomic E-state index is 0.0782. The normalized spacial score (nSPS) is 38.3. The van der Waals surface area contributed by atoms with Crippen molar-refractivity contribution in [2.45, 2.75) is 78.2 Å². The van der Waals surface area contributed by atoms with Crippen molar-refractivity contribution in [1.82, 2.24) is 15.0 Å². The van der Waals surface area contributed by atoms with E-state index in [1.807, 2.05) is 19.2 Å². The number of Topliss-reactive ketones (excluding diaryl/α,β-unsaturated/α-hetero) is 1. The Morgan fingerprint density at radius 2 is 1.84 bits per heavy atom. The first-order valence-corrected chi connectivity index (χ1v) is 14.8. The first kappa shape index (κ1) is 26.1. The molecule has 0 spiro atoms. The molecule has 0 radical (unpaired) electrons. The van der Waals surface area contributed by atoms with Gasteiger partial charge in [-0.25, -0.2) is 0 Å². The summed E-state index contributed by atoms with van der Waals surface area (Å²) in [5.74, 6) is 5.33. The van der Waals surface area contributed by atoms with Crippen molar-refractivity contribution in [3.63, 3.8) is 0 Å². The van der Waals surface area contributed by atoms with Crippen LogP contribution in [-0.4, -0.2) is 48.7 Å². The fourth-order valence-corrected chi connectivity index (χ4v) is 10.0. The molecule has 1 aromatic heterocycles. The van der Waals surface area contributed by atoms with Gasteiger partial charge in [-0.1, -0.05) is 20.3 Å². The van der Waals surface area contributed by atoms with Gasteiger partial charge in [0, 0.05) is 13.0 Å². The molecule has 7 nitrogen and oxygen atoms in total. The molecule has 6 rings (SSSR count). The van der Waals surface area contributed by atoms with Gasteiger partial charge in [-0.3, -0.25) is 4.79 Å². The van der Waals surface area contributed by atoms with E-state index in [1.165, 1.54) is 44.9 Å². The fraction of sp³-hybridized carbons (Fsp3) is 0.774. The first-order chi connectivity index (χ1) is 18.3. The van der Waals surface area contributed by atoms with Crippen LogP contribution in [0.25, 0.3) is 11.0 Å². The van der Waals surface area contributed by atoms with Gasteiger partial charge < -0.3 is 14.2 Å². The molecule has 7 heteroatoms. The second-order valence-electron chi connectivity index (χ2n) is 13.2. The largest absolute Gasteiger partial charge is 0.493 e. The summed E-state index contributed by atoms with van der Waals surface area (Å²) in [6, 6.07) is 3.71.